The van der Waals surface area contributed by atoms with Crippen molar-refractivity contribution < 1.29 is 62.3 Å². The number of piperazine rings is 1. The number of ether oxygens (including phenoxy) is 1. The van der Waals surface area contributed by atoms with Crippen molar-refractivity contribution in [3.8, 4) is 0 Å². The van der Waals surface area contributed by atoms with Gasteiger partial charge < -0.3 is 49.3 Å². The second-order valence-corrected chi connectivity index (χ2v) is 43.0. The fraction of sp³-hybridized carbons (Fsp3) is 0.558. The molecule has 22 heteroatoms. The lowest BCUT2D eigenvalue weighted by atomic mass is 9.76. The van der Waals surface area contributed by atoms with Gasteiger partial charge in [-0.05, 0) is 242 Å². The number of para-hydroxylation sites is 1. The summed E-state index contributed by atoms with van der Waals surface area (Å²) in [5.74, 6) is -2.54. The van der Waals surface area contributed by atoms with Gasteiger partial charge in [0.15, 0.2) is 23.1 Å². The number of likely N-dealkylation sites (tertiary alicyclic amines) is 4. The molecule has 135 heavy (non-hydrogen) atoms. The van der Waals surface area contributed by atoms with Crippen LogP contribution in [0.15, 0.2) is 152 Å². The van der Waals surface area contributed by atoms with Gasteiger partial charge in [-0.25, -0.2) is 0 Å². The molecule has 0 spiro atoms. The smallest absolute Gasteiger partial charge is 0.249 e. The molecule has 7 aliphatic heterocycles. The van der Waals surface area contributed by atoms with Crippen LogP contribution in [0.1, 0.15) is 258 Å². The Hall–Kier alpha value is -10.6. The topological polar surface area (TPSA) is 252 Å². The van der Waals surface area contributed by atoms with E-state index >= 15 is 0 Å². The molecule has 12 rings (SSSR count). The van der Waals surface area contributed by atoms with E-state index in [0.717, 1.165) is 133 Å². The van der Waals surface area contributed by atoms with Gasteiger partial charge in [0.2, 0.25) is 47.3 Å². The SMILES string of the molecule is C/C(=C\C(=O)C[C@H](C(=O)N1CCC[C@H]1C(=O)N1CCCCC1)C(C)(C)C)c1ccc(C)cc1.C/C(=C\C(=O)C[C@H](C(=O)N1CCC[C@H]1C(=O)N1CCN(C)CC1)C(C)(C)C)c1ccc(C)cc1.C/C(=C\C(=O)C[C@H](C(=O)N1CCC[C@H]1C(=O)N1CCOCC1)C(C)(C)C)c1ccc(C)cc1.C/C(=C\C(=O)C[C@H](C(=O)NC1CCCCN(c2ccccc2)C1=O)C(C)(C)C)c1ccc(C)cc1. The number of morpholine rings is 1. The van der Waals surface area contributed by atoms with Crippen molar-refractivity contribution in [2.75, 3.05) is 104 Å². The molecule has 0 saturated carbocycles. The normalized spacial score (nSPS) is 20.1. The Morgan fingerprint density at radius 1 is 0.348 bits per heavy atom. The predicted octanol–water partition coefficient (Wildman–Crippen LogP) is 18.4. The number of carbonyl (C=O) groups is 12. The van der Waals surface area contributed by atoms with E-state index in [1.807, 2.05) is 281 Å². The summed E-state index contributed by atoms with van der Waals surface area (Å²) in [6.07, 6.45) is 17.3. The third-order valence-electron chi connectivity index (χ3n) is 27.9. The highest BCUT2D eigenvalue weighted by molar-refractivity contribution is 6.04. The summed E-state index contributed by atoms with van der Waals surface area (Å²) in [6, 6.07) is 40.1. The van der Waals surface area contributed by atoms with Crippen molar-refractivity contribution >= 4 is 98.4 Å². The first-order valence-corrected chi connectivity index (χ1v) is 49.5. The number of nitrogens with one attached hydrogen (secondary N) is 1. The molecule has 8 amide bonds. The molecular formula is C113H157N9O13. The van der Waals surface area contributed by atoms with Gasteiger partial charge in [-0.1, -0.05) is 221 Å². The Morgan fingerprint density at radius 2 is 0.644 bits per heavy atom. The van der Waals surface area contributed by atoms with Crippen LogP contribution in [0.25, 0.3) is 22.3 Å². The zero-order chi connectivity index (χ0) is 99.0. The summed E-state index contributed by atoms with van der Waals surface area (Å²) in [5, 5.41) is 3.01. The fourth-order valence-corrected chi connectivity index (χ4v) is 19.0. The highest BCUT2D eigenvalue weighted by Crippen LogP contribution is 2.40. The summed E-state index contributed by atoms with van der Waals surface area (Å²) < 4.78 is 5.37. The number of hydrogen-bond donors (Lipinski definition) is 1. The minimum atomic E-state index is -0.588. The molecule has 8 atom stereocenters. The quantitative estimate of drug-likeness (QED) is 0.0534. The van der Waals surface area contributed by atoms with Gasteiger partial charge in [-0.15, -0.1) is 0 Å². The Morgan fingerprint density at radius 3 is 0.963 bits per heavy atom. The van der Waals surface area contributed by atoms with Crippen molar-refractivity contribution in [3.63, 3.8) is 0 Å². The Bertz CT molecular complexity index is 4870. The highest BCUT2D eigenvalue weighted by atomic mass is 16.5. The maximum atomic E-state index is 13.7. The predicted molar refractivity (Wildman–Crippen MR) is 540 cm³/mol. The number of likely N-dealkylation sites (N-methyl/N-ethyl adjacent to an activating group) is 1. The standard InChI is InChI=1S/C30H38N2O3.C28H41N3O3.C28H40N2O3.C27H38N2O4/c1-21-14-16-23(17-15-21)22(2)19-25(33)20-26(30(3,4)5)28(34)31-27-13-9-10-18-32(29(27)35)24-11-7-6-8-12-24;1-20-9-11-22(12-10-20)21(2)18-23(32)19-24(28(3,4)5)26(33)31-13-7-8-25(31)27(34)30-16-14-29(6)15-17-30;1-20-11-13-22(14-12-20)21(2)18-23(31)19-24(28(3,4)5)26(32)30-17-9-10-25(30)27(33)29-15-7-6-8-16-29;1-19-8-10-21(11-9-19)20(2)17-22(30)18-23(27(3,4)5)25(31)29-12-6-7-24(29)26(32)28-13-15-33-16-14-28/h6-8,11-12,14-17,19,26-27H,9-10,13,18,20H2,1-5H3,(H,31,34);9-12,18,24-25H,7-8,13-17,19H2,1-6H3;11-14,18,24-25H,6-10,15-17,19H2,1-5H3;8-11,17,23-24H,6-7,12-16,18H2,1-5H3/b22-19+;2*21-18+;20-17+/t26-,27?;2*24-,25+;23-,24+/m1111/s1. The molecule has 0 aliphatic carbocycles. The minimum absolute atomic E-state index is 0.0123. The number of amides is 8. The number of rotatable bonds is 25. The lowest BCUT2D eigenvalue weighted by Gasteiger charge is -2.38. The first-order chi connectivity index (χ1) is 63.7. The van der Waals surface area contributed by atoms with Gasteiger partial charge in [0.05, 0.1) is 31.0 Å². The molecule has 7 fully saturated rings. The molecular weight excluding hydrogens is 1690 g/mol. The number of aryl methyl sites for hydroxylation is 4. The Balaban J connectivity index is 0.000000202. The average Bonchev–Trinajstić information content (AvgIpc) is 1.70. The lowest BCUT2D eigenvalue weighted by molar-refractivity contribution is -0.150. The van der Waals surface area contributed by atoms with Crippen LogP contribution in [-0.2, 0) is 62.3 Å². The average molecular weight is 1850 g/mol. The zero-order valence-corrected chi connectivity index (χ0v) is 85.2. The van der Waals surface area contributed by atoms with E-state index in [1.165, 1.54) is 23.1 Å². The second kappa shape index (κ2) is 49.4. The van der Waals surface area contributed by atoms with Gasteiger partial charge in [0.1, 0.15) is 24.2 Å². The molecule has 0 bridgehead atoms. The molecule has 7 heterocycles. The first-order valence-electron chi connectivity index (χ1n) is 49.5. The number of anilines is 1. The molecule has 22 nitrogen and oxygen atoms in total. The molecule has 732 valence electrons. The van der Waals surface area contributed by atoms with E-state index in [4.69, 9.17) is 4.74 Å². The maximum Gasteiger partial charge on any atom is 0.249 e. The number of allylic oxidation sites excluding steroid dienone is 8. The first kappa shape index (κ1) is 108. The summed E-state index contributed by atoms with van der Waals surface area (Å²) in [6.45, 7) is 49.1. The highest BCUT2D eigenvalue weighted by Gasteiger charge is 2.48. The number of benzene rings is 5. The molecule has 0 aromatic heterocycles. The monoisotopic (exact) mass is 1850 g/mol. The van der Waals surface area contributed by atoms with Crippen molar-refractivity contribution in [2.24, 2.45) is 45.3 Å². The summed E-state index contributed by atoms with van der Waals surface area (Å²) in [7, 11) is 2.06. The molecule has 1 unspecified atom stereocenters. The van der Waals surface area contributed by atoms with Crippen LogP contribution in [0, 0.1) is 73.0 Å². The van der Waals surface area contributed by atoms with Crippen molar-refractivity contribution in [1.82, 2.24) is 39.6 Å². The van der Waals surface area contributed by atoms with E-state index < -0.39 is 52.6 Å². The molecule has 7 aliphatic rings. The minimum Gasteiger partial charge on any atom is -0.378 e. The van der Waals surface area contributed by atoms with Crippen LogP contribution in [0.2, 0.25) is 0 Å². The van der Waals surface area contributed by atoms with Crippen molar-refractivity contribution in [3.05, 3.63) is 196 Å². The molecule has 5 aromatic carbocycles. The van der Waals surface area contributed by atoms with Crippen LogP contribution in [0.5, 0.6) is 0 Å². The van der Waals surface area contributed by atoms with E-state index in [1.54, 1.807) is 43.9 Å². The summed E-state index contributed by atoms with van der Waals surface area (Å²) >= 11 is 0. The van der Waals surface area contributed by atoms with Crippen molar-refractivity contribution in [2.45, 2.75) is 265 Å². The number of carbonyl (C=O) groups excluding carboxylic acids is 12. The third kappa shape index (κ3) is 31.5. The third-order valence-corrected chi connectivity index (χ3v) is 27.9. The molecule has 1 N–H and O–H groups in total. The second-order valence-electron chi connectivity index (χ2n) is 43.0. The molecule has 0 radical (unpaired) electrons. The number of ketones is 4. The van der Waals surface area contributed by atoms with Gasteiger partial charge in [-0.2, -0.15) is 0 Å². The van der Waals surface area contributed by atoms with Gasteiger partial charge >= 0.3 is 0 Å². The van der Waals surface area contributed by atoms with E-state index in [0.29, 0.717) is 84.8 Å². The van der Waals surface area contributed by atoms with Crippen LogP contribution in [0.3, 0.4) is 0 Å². The lowest BCUT2D eigenvalue weighted by Crippen LogP contribution is -2.55. The Kier molecular flexibility index (Phi) is 39.6. The van der Waals surface area contributed by atoms with Gasteiger partial charge in [0, 0.05) is 116 Å². The van der Waals surface area contributed by atoms with Crippen LogP contribution in [0.4, 0.5) is 5.69 Å². The van der Waals surface area contributed by atoms with Gasteiger partial charge in [-0.3, -0.25) is 57.5 Å². The van der Waals surface area contributed by atoms with Crippen LogP contribution >= 0.6 is 0 Å². The Labute approximate surface area is 806 Å². The fourth-order valence-electron chi connectivity index (χ4n) is 19.0. The zero-order valence-electron chi connectivity index (χ0n) is 85.2. The number of hydrogen-bond acceptors (Lipinski definition) is 14. The number of nitrogens with zero attached hydrogens (tertiary/aromatic N) is 8. The van der Waals surface area contributed by atoms with Gasteiger partial charge in [0.25, 0.3) is 0 Å². The van der Waals surface area contributed by atoms with Crippen molar-refractivity contribution in [1.29, 1.82) is 0 Å². The number of piperidine rings is 1. The summed E-state index contributed by atoms with van der Waals surface area (Å²) in [5.41, 5.74) is 11.5. The molecule has 7 saturated heterocycles. The van der Waals surface area contributed by atoms with E-state index in [-0.39, 0.29) is 113 Å². The van der Waals surface area contributed by atoms with Crippen LogP contribution < -0.4 is 10.2 Å². The molecule has 5 aromatic rings. The van der Waals surface area contributed by atoms with E-state index in [2.05, 4.69) is 17.3 Å². The van der Waals surface area contributed by atoms with E-state index in [9.17, 15) is 57.5 Å². The maximum absolute atomic E-state index is 13.7. The summed E-state index contributed by atoms with van der Waals surface area (Å²) in [4.78, 5) is 174. The largest absolute Gasteiger partial charge is 0.378 e. The van der Waals surface area contributed by atoms with Crippen LogP contribution in [-0.4, -0.2) is 228 Å².